The van der Waals surface area contributed by atoms with Gasteiger partial charge in [0.2, 0.25) is 0 Å². The number of aliphatic carboxylic acids is 1. The van der Waals surface area contributed by atoms with Crippen LogP contribution >= 0.6 is 0 Å². The van der Waals surface area contributed by atoms with Gasteiger partial charge in [0, 0.05) is 12.6 Å². The highest BCUT2D eigenvalue weighted by molar-refractivity contribution is 5.73. The molecule has 0 aliphatic heterocycles. The molecule has 1 atom stereocenters. The van der Waals surface area contributed by atoms with Crippen molar-refractivity contribution >= 4 is 5.97 Å². The van der Waals surface area contributed by atoms with Crippen LogP contribution < -0.4 is 11.1 Å². The van der Waals surface area contributed by atoms with Gasteiger partial charge in [0.05, 0.1) is 12.0 Å². The molecule has 84 valence electrons. The number of hydrogen-bond acceptors (Lipinski definition) is 4. The zero-order valence-corrected chi connectivity index (χ0v) is 8.44. The lowest BCUT2D eigenvalue weighted by Gasteiger charge is -2.12. The largest absolute Gasteiger partial charge is 0.480 e. The summed E-state index contributed by atoms with van der Waals surface area (Å²) in [7, 11) is 0. The molecule has 5 N–H and O–H groups in total. The van der Waals surface area contributed by atoms with Crippen LogP contribution in [-0.4, -0.2) is 40.2 Å². The van der Waals surface area contributed by atoms with Crippen molar-refractivity contribution in [2.24, 2.45) is 5.73 Å². The average Bonchev–Trinajstić information content (AvgIpc) is 2.69. The van der Waals surface area contributed by atoms with E-state index >= 15 is 0 Å². The van der Waals surface area contributed by atoms with Gasteiger partial charge in [-0.15, -0.1) is 0 Å². The summed E-state index contributed by atoms with van der Waals surface area (Å²) >= 11 is 0. The van der Waals surface area contributed by atoms with Gasteiger partial charge in [-0.25, -0.2) is 4.98 Å². The Balaban J connectivity index is 2.40. The number of aromatic amines is 1. The monoisotopic (exact) mass is 212 g/mol. The highest BCUT2D eigenvalue weighted by atomic mass is 16.4. The van der Waals surface area contributed by atoms with E-state index in [-0.39, 0.29) is 0 Å². The molecule has 0 bridgehead atoms. The number of carboxylic acids is 1. The van der Waals surface area contributed by atoms with Crippen LogP contribution in [0.4, 0.5) is 0 Å². The van der Waals surface area contributed by atoms with Gasteiger partial charge in [-0.2, -0.15) is 0 Å². The second kappa shape index (κ2) is 6.15. The van der Waals surface area contributed by atoms with Crippen LogP contribution in [0.5, 0.6) is 0 Å². The van der Waals surface area contributed by atoms with E-state index in [4.69, 9.17) is 10.8 Å². The maximum absolute atomic E-state index is 10.9. The number of nitrogens with zero attached hydrogens (tertiary/aromatic N) is 1. The second-order valence-electron chi connectivity index (χ2n) is 3.25. The maximum atomic E-state index is 10.9. The lowest BCUT2D eigenvalue weighted by Crippen LogP contribution is -2.39. The van der Waals surface area contributed by atoms with Gasteiger partial charge < -0.3 is 21.1 Å². The average molecular weight is 212 g/mol. The number of carboxylic acid groups (broad SMARTS) is 1. The minimum absolute atomic E-state index is 0.378. The third-order valence-corrected chi connectivity index (χ3v) is 2.04. The molecule has 0 saturated heterocycles. The summed E-state index contributed by atoms with van der Waals surface area (Å²) in [6.45, 7) is 1.17. The van der Waals surface area contributed by atoms with Gasteiger partial charge in [0.1, 0.15) is 6.04 Å². The summed E-state index contributed by atoms with van der Waals surface area (Å²) < 4.78 is 0. The Morgan fingerprint density at radius 2 is 2.53 bits per heavy atom. The van der Waals surface area contributed by atoms with E-state index in [1.165, 1.54) is 6.33 Å². The zero-order valence-electron chi connectivity index (χ0n) is 8.44. The Morgan fingerprint density at radius 3 is 3.07 bits per heavy atom. The van der Waals surface area contributed by atoms with Crippen LogP contribution in [0.25, 0.3) is 0 Å². The molecule has 1 heterocycles. The second-order valence-corrected chi connectivity index (χ2v) is 3.25. The molecule has 1 aromatic heterocycles. The van der Waals surface area contributed by atoms with Crippen molar-refractivity contribution in [3.05, 3.63) is 18.2 Å². The molecule has 0 aliphatic rings. The molecule has 6 nitrogen and oxygen atoms in total. The smallest absolute Gasteiger partial charge is 0.321 e. The summed E-state index contributed by atoms with van der Waals surface area (Å²) in [6, 6.07) is -0.597. The first-order valence-corrected chi connectivity index (χ1v) is 4.88. The van der Waals surface area contributed by atoms with Crippen molar-refractivity contribution in [2.75, 3.05) is 13.1 Å². The summed E-state index contributed by atoms with van der Waals surface area (Å²) in [5, 5.41) is 11.9. The zero-order chi connectivity index (χ0) is 11.1. The number of rotatable bonds is 7. The SMILES string of the molecule is NCCCN[C@@H](Cc1c[nH]cn1)C(=O)O. The van der Waals surface area contributed by atoms with Gasteiger partial charge in [-0.3, -0.25) is 4.79 Å². The van der Waals surface area contributed by atoms with Crippen molar-refractivity contribution in [2.45, 2.75) is 18.9 Å². The van der Waals surface area contributed by atoms with Gasteiger partial charge in [0.15, 0.2) is 0 Å². The Morgan fingerprint density at radius 1 is 1.73 bits per heavy atom. The number of aromatic nitrogens is 2. The first kappa shape index (κ1) is 11.7. The van der Waals surface area contributed by atoms with E-state index in [2.05, 4.69) is 15.3 Å². The Bertz CT molecular complexity index is 286. The summed E-state index contributed by atoms with van der Waals surface area (Å²) in [6.07, 6.45) is 4.38. The van der Waals surface area contributed by atoms with Gasteiger partial charge in [-0.1, -0.05) is 0 Å². The van der Waals surface area contributed by atoms with E-state index in [9.17, 15) is 4.79 Å². The molecule has 15 heavy (non-hydrogen) atoms. The normalized spacial score (nSPS) is 12.6. The lowest BCUT2D eigenvalue weighted by molar-refractivity contribution is -0.139. The standard InChI is InChI=1S/C9H16N4O2/c10-2-1-3-12-8(9(14)15)4-7-5-11-6-13-7/h5-6,8,12H,1-4,10H2,(H,11,13)(H,14,15)/t8-/m0/s1. The number of nitrogens with one attached hydrogen (secondary N) is 2. The predicted octanol–water partition coefficient (Wildman–Crippen LogP) is -0.656. The van der Waals surface area contributed by atoms with E-state index in [0.29, 0.717) is 19.5 Å². The fraction of sp³-hybridized carbons (Fsp3) is 0.556. The number of hydrogen-bond donors (Lipinski definition) is 4. The maximum Gasteiger partial charge on any atom is 0.321 e. The number of H-pyrrole nitrogens is 1. The van der Waals surface area contributed by atoms with Crippen LogP contribution in [0.1, 0.15) is 12.1 Å². The predicted molar refractivity (Wildman–Crippen MR) is 55.4 cm³/mol. The molecule has 0 aromatic carbocycles. The summed E-state index contributed by atoms with van der Waals surface area (Å²) in [5.41, 5.74) is 6.06. The number of carbonyl (C=O) groups is 1. The molecular formula is C9H16N4O2. The number of nitrogens with two attached hydrogens (primary N) is 1. The van der Waals surface area contributed by atoms with Gasteiger partial charge in [-0.05, 0) is 19.5 Å². The van der Waals surface area contributed by atoms with Crippen molar-refractivity contribution in [3.8, 4) is 0 Å². The fourth-order valence-electron chi connectivity index (χ4n) is 1.24. The molecule has 0 aliphatic carbocycles. The third kappa shape index (κ3) is 4.09. The molecule has 1 aromatic rings. The van der Waals surface area contributed by atoms with E-state index in [0.717, 1.165) is 12.1 Å². The van der Waals surface area contributed by atoms with Crippen LogP contribution in [0.15, 0.2) is 12.5 Å². The quantitative estimate of drug-likeness (QED) is 0.449. The van der Waals surface area contributed by atoms with Crippen LogP contribution in [0, 0.1) is 0 Å². The van der Waals surface area contributed by atoms with Crippen molar-refractivity contribution in [1.29, 1.82) is 0 Å². The first-order valence-electron chi connectivity index (χ1n) is 4.88. The molecule has 0 spiro atoms. The molecule has 6 heteroatoms. The van der Waals surface area contributed by atoms with Gasteiger partial charge >= 0.3 is 5.97 Å². The molecule has 0 unspecified atom stereocenters. The van der Waals surface area contributed by atoms with Crippen molar-refractivity contribution in [3.63, 3.8) is 0 Å². The van der Waals surface area contributed by atoms with Crippen LogP contribution in [0.3, 0.4) is 0 Å². The molecule has 0 fully saturated rings. The Kier molecular flexibility index (Phi) is 4.79. The molecule has 0 amide bonds. The molecule has 0 saturated carbocycles. The summed E-state index contributed by atoms with van der Waals surface area (Å²) in [5.74, 6) is -0.866. The third-order valence-electron chi connectivity index (χ3n) is 2.04. The highest BCUT2D eigenvalue weighted by Crippen LogP contribution is 1.98. The van der Waals surface area contributed by atoms with Crippen molar-refractivity contribution in [1.82, 2.24) is 15.3 Å². The van der Waals surface area contributed by atoms with E-state index in [1.54, 1.807) is 6.20 Å². The van der Waals surface area contributed by atoms with Crippen LogP contribution in [-0.2, 0) is 11.2 Å². The minimum atomic E-state index is -0.866. The Labute approximate surface area is 87.9 Å². The summed E-state index contributed by atoms with van der Waals surface area (Å²) in [4.78, 5) is 17.7. The first-order chi connectivity index (χ1) is 7.24. The highest BCUT2D eigenvalue weighted by Gasteiger charge is 2.17. The van der Waals surface area contributed by atoms with E-state index in [1.807, 2.05) is 0 Å². The fourth-order valence-corrected chi connectivity index (χ4v) is 1.24. The molecule has 0 radical (unpaired) electrons. The minimum Gasteiger partial charge on any atom is -0.480 e. The number of imidazole rings is 1. The van der Waals surface area contributed by atoms with Crippen molar-refractivity contribution < 1.29 is 9.90 Å². The topological polar surface area (TPSA) is 104 Å². The Hall–Kier alpha value is -1.40. The lowest BCUT2D eigenvalue weighted by atomic mass is 10.1. The van der Waals surface area contributed by atoms with E-state index < -0.39 is 12.0 Å². The van der Waals surface area contributed by atoms with Gasteiger partial charge in [0.25, 0.3) is 0 Å². The molecular weight excluding hydrogens is 196 g/mol. The molecule has 1 rings (SSSR count). The van der Waals surface area contributed by atoms with Crippen LogP contribution in [0.2, 0.25) is 0 Å².